The monoisotopic (exact) mass is 374 g/mol. The van der Waals surface area contributed by atoms with Gasteiger partial charge < -0.3 is 10.5 Å². The van der Waals surface area contributed by atoms with E-state index in [1.807, 2.05) is 6.07 Å². The van der Waals surface area contributed by atoms with Crippen LogP contribution < -0.4 is 15.2 Å². The minimum absolute atomic E-state index is 0.0363. The maximum Gasteiger partial charge on any atom is 0.244 e. The van der Waals surface area contributed by atoms with E-state index in [9.17, 15) is 8.42 Å². The van der Waals surface area contributed by atoms with E-state index in [1.54, 1.807) is 6.07 Å². The van der Waals surface area contributed by atoms with Crippen LogP contribution in [0.25, 0.3) is 0 Å². The third kappa shape index (κ3) is 3.26. The maximum absolute atomic E-state index is 12.7. The van der Waals surface area contributed by atoms with Crippen molar-refractivity contribution in [2.45, 2.75) is 49.1 Å². The zero-order chi connectivity index (χ0) is 15.0. The van der Waals surface area contributed by atoms with Crippen molar-refractivity contribution in [1.82, 2.24) is 4.72 Å². The van der Waals surface area contributed by atoms with E-state index in [0.717, 1.165) is 42.1 Å². The topological polar surface area (TPSA) is 81.4 Å². The van der Waals surface area contributed by atoms with Crippen molar-refractivity contribution in [3.8, 4) is 5.75 Å². The van der Waals surface area contributed by atoms with Gasteiger partial charge in [-0.25, -0.2) is 13.1 Å². The molecule has 0 saturated heterocycles. The first-order valence-electron chi connectivity index (χ1n) is 7.19. The Hall–Kier alpha value is -0.630. The molecular formula is C14H19BrN2O3S. The van der Waals surface area contributed by atoms with Gasteiger partial charge in [-0.15, -0.1) is 0 Å². The van der Waals surface area contributed by atoms with Gasteiger partial charge >= 0.3 is 0 Å². The fourth-order valence-corrected chi connectivity index (χ4v) is 5.13. The van der Waals surface area contributed by atoms with Gasteiger partial charge in [0.2, 0.25) is 10.0 Å². The number of sulfonamides is 1. The minimum Gasteiger partial charge on any atom is -0.492 e. The number of benzene rings is 1. The lowest BCUT2D eigenvalue weighted by atomic mass is 9.93. The molecule has 3 N–H and O–H groups in total. The normalized spacial score (nSPS) is 25.4. The molecule has 1 saturated carbocycles. The van der Waals surface area contributed by atoms with Crippen LogP contribution in [0.2, 0.25) is 0 Å². The SMILES string of the molecule is NC1CCC(NS(=O)(=O)c2cc(Br)cc3c2OCC3)CC1. The summed E-state index contributed by atoms with van der Waals surface area (Å²) in [5, 5.41) is 0. The minimum atomic E-state index is -3.57. The molecule has 5 nitrogen and oxygen atoms in total. The molecule has 1 aromatic carbocycles. The summed E-state index contributed by atoms with van der Waals surface area (Å²) in [5.41, 5.74) is 6.80. The Morgan fingerprint density at radius 3 is 2.67 bits per heavy atom. The van der Waals surface area contributed by atoms with Crippen LogP contribution in [0.3, 0.4) is 0 Å². The molecule has 0 unspecified atom stereocenters. The zero-order valence-electron chi connectivity index (χ0n) is 11.6. The van der Waals surface area contributed by atoms with Crippen LogP contribution in [0.1, 0.15) is 31.2 Å². The molecule has 0 amide bonds. The average Bonchev–Trinajstić information content (AvgIpc) is 2.88. The fourth-order valence-electron chi connectivity index (χ4n) is 2.95. The molecule has 1 aliphatic heterocycles. The van der Waals surface area contributed by atoms with E-state index < -0.39 is 10.0 Å². The highest BCUT2D eigenvalue weighted by molar-refractivity contribution is 9.10. The van der Waals surface area contributed by atoms with E-state index in [4.69, 9.17) is 10.5 Å². The Kier molecular flexibility index (Phi) is 4.27. The van der Waals surface area contributed by atoms with Gasteiger partial charge in [-0.2, -0.15) is 0 Å². The smallest absolute Gasteiger partial charge is 0.244 e. The molecule has 0 aromatic heterocycles. The van der Waals surface area contributed by atoms with Crippen molar-refractivity contribution < 1.29 is 13.2 Å². The molecule has 1 aliphatic carbocycles. The summed E-state index contributed by atoms with van der Waals surface area (Å²) in [6, 6.07) is 3.69. The third-order valence-electron chi connectivity index (χ3n) is 4.10. The third-order valence-corrected chi connectivity index (χ3v) is 6.08. The summed E-state index contributed by atoms with van der Waals surface area (Å²) in [6.07, 6.45) is 4.05. The number of hydrogen-bond acceptors (Lipinski definition) is 4. The number of fused-ring (bicyclic) bond motifs is 1. The van der Waals surface area contributed by atoms with E-state index in [-0.39, 0.29) is 17.0 Å². The van der Waals surface area contributed by atoms with Crippen LogP contribution in [0.15, 0.2) is 21.5 Å². The number of halogens is 1. The summed E-state index contributed by atoms with van der Waals surface area (Å²) in [7, 11) is -3.57. The maximum atomic E-state index is 12.7. The summed E-state index contributed by atoms with van der Waals surface area (Å²) in [6.45, 7) is 0.534. The van der Waals surface area contributed by atoms with Gasteiger partial charge in [0.1, 0.15) is 10.6 Å². The Labute approximate surface area is 133 Å². The fraction of sp³-hybridized carbons (Fsp3) is 0.571. The second-order valence-corrected chi connectivity index (χ2v) is 8.32. The molecule has 7 heteroatoms. The van der Waals surface area contributed by atoms with Gasteiger partial charge in [-0.3, -0.25) is 0 Å². The van der Waals surface area contributed by atoms with Gasteiger partial charge in [-0.05, 0) is 37.8 Å². The van der Waals surface area contributed by atoms with Crippen LogP contribution in [-0.2, 0) is 16.4 Å². The van der Waals surface area contributed by atoms with Crippen LogP contribution in [0.5, 0.6) is 5.75 Å². The molecule has 1 heterocycles. The molecule has 0 radical (unpaired) electrons. The molecule has 1 aromatic rings. The van der Waals surface area contributed by atoms with Crippen LogP contribution in [-0.4, -0.2) is 27.1 Å². The van der Waals surface area contributed by atoms with E-state index in [2.05, 4.69) is 20.7 Å². The quantitative estimate of drug-likeness (QED) is 0.846. The number of ether oxygens (including phenoxy) is 1. The molecule has 116 valence electrons. The lowest BCUT2D eigenvalue weighted by Gasteiger charge is -2.26. The highest BCUT2D eigenvalue weighted by atomic mass is 79.9. The molecule has 0 bridgehead atoms. The van der Waals surface area contributed by atoms with E-state index in [1.165, 1.54) is 0 Å². The Bertz CT molecular complexity index is 640. The van der Waals surface area contributed by atoms with Gasteiger partial charge in [0.25, 0.3) is 0 Å². The summed E-state index contributed by atoms with van der Waals surface area (Å²) < 4.78 is 34.4. The summed E-state index contributed by atoms with van der Waals surface area (Å²) in [4.78, 5) is 0.235. The van der Waals surface area contributed by atoms with Crippen LogP contribution in [0.4, 0.5) is 0 Å². The number of nitrogens with one attached hydrogen (secondary N) is 1. The van der Waals surface area contributed by atoms with Crippen LogP contribution in [0, 0.1) is 0 Å². The number of rotatable bonds is 3. The molecule has 1 fully saturated rings. The molecule has 21 heavy (non-hydrogen) atoms. The lowest BCUT2D eigenvalue weighted by molar-refractivity contribution is 0.347. The van der Waals surface area contributed by atoms with Gasteiger partial charge in [0.15, 0.2) is 0 Å². The van der Waals surface area contributed by atoms with Crippen molar-refractivity contribution in [2.24, 2.45) is 5.73 Å². The average molecular weight is 375 g/mol. The zero-order valence-corrected chi connectivity index (χ0v) is 14.0. The number of nitrogens with two attached hydrogens (primary N) is 1. The highest BCUT2D eigenvalue weighted by Crippen LogP contribution is 2.36. The predicted molar refractivity (Wildman–Crippen MR) is 83.9 cm³/mol. The Morgan fingerprint density at radius 2 is 1.95 bits per heavy atom. The molecule has 2 aliphatic rings. The van der Waals surface area contributed by atoms with Crippen molar-refractivity contribution in [2.75, 3.05) is 6.61 Å². The van der Waals surface area contributed by atoms with Gasteiger partial charge in [-0.1, -0.05) is 15.9 Å². The van der Waals surface area contributed by atoms with Gasteiger partial charge in [0.05, 0.1) is 6.61 Å². The van der Waals surface area contributed by atoms with Crippen molar-refractivity contribution >= 4 is 26.0 Å². The summed E-state index contributed by atoms with van der Waals surface area (Å²) in [5.74, 6) is 0.498. The Balaban J connectivity index is 1.85. The second kappa shape index (κ2) is 5.87. The first-order valence-corrected chi connectivity index (χ1v) is 9.46. The first kappa shape index (κ1) is 15.3. The molecule has 3 rings (SSSR count). The standard InChI is InChI=1S/C14H19BrN2O3S/c15-10-7-9-5-6-20-14(9)13(8-10)21(18,19)17-12-3-1-11(16)2-4-12/h7-8,11-12,17H,1-6,16H2. The van der Waals surface area contributed by atoms with E-state index >= 15 is 0 Å². The first-order chi connectivity index (χ1) is 9.95. The van der Waals surface area contributed by atoms with Crippen molar-refractivity contribution in [1.29, 1.82) is 0 Å². The van der Waals surface area contributed by atoms with E-state index in [0.29, 0.717) is 12.4 Å². The summed E-state index contributed by atoms with van der Waals surface area (Å²) >= 11 is 3.38. The largest absolute Gasteiger partial charge is 0.492 e. The van der Waals surface area contributed by atoms with Gasteiger partial charge in [0, 0.05) is 28.5 Å². The molecule has 0 spiro atoms. The lowest BCUT2D eigenvalue weighted by Crippen LogP contribution is -2.40. The molecule has 0 atom stereocenters. The predicted octanol–water partition coefficient (Wildman–Crippen LogP) is 1.93. The Morgan fingerprint density at radius 1 is 1.24 bits per heavy atom. The molecular weight excluding hydrogens is 356 g/mol. The van der Waals surface area contributed by atoms with Crippen LogP contribution >= 0.6 is 15.9 Å². The number of hydrogen-bond donors (Lipinski definition) is 2. The van der Waals surface area contributed by atoms with Crippen molar-refractivity contribution in [3.63, 3.8) is 0 Å². The van der Waals surface area contributed by atoms with Crippen molar-refractivity contribution in [3.05, 3.63) is 22.2 Å². The highest BCUT2D eigenvalue weighted by Gasteiger charge is 2.29. The second-order valence-electron chi connectivity index (χ2n) is 5.72.